The van der Waals surface area contributed by atoms with E-state index in [1.807, 2.05) is 16.7 Å². The van der Waals surface area contributed by atoms with Crippen molar-refractivity contribution in [2.24, 2.45) is 0 Å². The van der Waals surface area contributed by atoms with E-state index in [0.717, 1.165) is 48.2 Å². The summed E-state index contributed by atoms with van der Waals surface area (Å²) in [6.07, 6.45) is 5.86. The number of aromatic nitrogens is 3. The molecule has 0 bridgehead atoms. The Morgan fingerprint density at radius 3 is 2.73 bits per heavy atom. The lowest BCUT2D eigenvalue weighted by molar-refractivity contribution is 0.0695. The minimum absolute atomic E-state index is 0.156. The molecular formula is C27H26N6O4. The largest absolute Gasteiger partial charge is 0.494 e. The average molecular weight is 499 g/mol. The second-order valence-corrected chi connectivity index (χ2v) is 9.51. The van der Waals surface area contributed by atoms with Crippen LogP contribution >= 0.6 is 0 Å². The molecule has 3 heterocycles. The van der Waals surface area contributed by atoms with Gasteiger partial charge in [-0.1, -0.05) is 6.07 Å². The van der Waals surface area contributed by atoms with Crippen LogP contribution in [0.3, 0.4) is 0 Å². The highest BCUT2D eigenvalue weighted by Gasteiger charge is 2.29. The van der Waals surface area contributed by atoms with Gasteiger partial charge in [0.1, 0.15) is 11.4 Å². The van der Waals surface area contributed by atoms with Crippen LogP contribution in [0, 0.1) is 0 Å². The van der Waals surface area contributed by atoms with Crippen LogP contribution in [0.25, 0.3) is 22.0 Å². The van der Waals surface area contributed by atoms with Gasteiger partial charge < -0.3 is 30.8 Å². The van der Waals surface area contributed by atoms with E-state index in [1.165, 1.54) is 11.8 Å². The summed E-state index contributed by atoms with van der Waals surface area (Å²) in [5.41, 5.74) is 16.5. The number of ether oxygens (including phenoxy) is 1. The Morgan fingerprint density at radius 2 is 2.03 bits per heavy atom. The van der Waals surface area contributed by atoms with Gasteiger partial charge >= 0.3 is 5.97 Å². The first-order valence-corrected chi connectivity index (χ1v) is 12.1. The molecule has 10 heteroatoms. The van der Waals surface area contributed by atoms with Crippen LogP contribution in [0.4, 0.5) is 17.5 Å². The number of hydrogen-bond acceptors (Lipinski definition) is 8. The average Bonchev–Trinajstić information content (AvgIpc) is 3.65. The first-order chi connectivity index (χ1) is 17.9. The molecule has 1 saturated carbocycles. The molecule has 4 aromatic rings. The number of benzene rings is 2. The van der Waals surface area contributed by atoms with Gasteiger partial charge in [0.15, 0.2) is 5.75 Å². The van der Waals surface area contributed by atoms with Gasteiger partial charge in [-0.05, 0) is 54.7 Å². The standard InChI is InChI=1S/C27H26N6O4/c1-37-24-18(5-6-19-22(24)33(17-3-4-17)13-20(23(19)34)26(35)36)14-2-7-21-15(10-14)8-9-32(21)12-16-11-30-27(29)31-25(16)28/h2,5-7,10-11,13,17H,3-4,8-9,12H2,1H3,(H,35,36)(H4,28,29,30,31). The van der Waals surface area contributed by atoms with Crippen LogP contribution in [0.2, 0.25) is 0 Å². The fourth-order valence-corrected chi connectivity index (χ4v) is 5.21. The third-order valence-corrected chi connectivity index (χ3v) is 7.18. The van der Waals surface area contributed by atoms with E-state index in [4.69, 9.17) is 16.2 Å². The molecule has 1 fully saturated rings. The van der Waals surface area contributed by atoms with Crippen LogP contribution in [-0.2, 0) is 13.0 Å². The highest BCUT2D eigenvalue weighted by atomic mass is 16.5. The summed E-state index contributed by atoms with van der Waals surface area (Å²) in [4.78, 5) is 35.1. The number of hydrogen-bond donors (Lipinski definition) is 3. The van der Waals surface area contributed by atoms with Gasteiger partial charge in [-0.15, -0.1) is 0 Å². The van der Waals surface area contributed by atoms with E-state index in [9.17, 15) is 14.7 Å². The summed E-state index contributed by atoms with van der Waals surface area (Å²) in [5, 5.41) is 9.92. The number of fused-ring (bicyclic) bond motifs is 2. The molecule has 188 valence electrons. The summed E-state index contributed by atoms with van der Waals surface area (Å²) in [6.45, 7) is 1.41. The molecule has 5 N–H and O–H groups in total. The predicted molar refractivity (Wildman–Crippen MR) is 141 cm³/mol. The fourth-order valence-electron chi connectivity index (χ4n) is 5.21. The molecule has 0 radical (unpaired) electrons. The molecule has 0 unspecified atom stereocenters. The van der Waals surface area contributed by atoms with E-state index in [2.05, 4.69) is 27.0 Å². The molecule has 2 aromatic heterocycles. The van der Waals surface area contributed by atoms with Gasteiger partial charge in [0.25, 0.3) is 0 Å². The van der Waals surface area contributed by atoms with E-state index in [0.29, 0.717) is 29.0 Å². The van der Waals surface area contributed by atoms with Gasteiger partial charge in [-0.3, -0.25) is 4.79 Å². The molecule has 1 aliphatic carbocycles. The van der Waals surface area contributed by atoms with Crippen LogP contribution in [0.1, 0.15) is 40.4 Å². The quantitative estimate of drug-likeness (QED) is 0.364. The second kappa shape index (κ2) is 8.51. The SMILES string of the molecule is COc1c(-c2ccc3c(c2)CCN3Cc2cnc(N)nc2N)ccc2c(=O)c(C(=O)O)cn(C3CC3)c12. The summed E-state index contributed by atoms with van der Waals surface area (Å²) in [6, 6.07) is 9.97. The highest BCUT2D eigenvalue weighted by Crippen LogP contribution is 2.43. The number of pyridine rings is 1. The molecule has 0 spiro atoms. The van der Waals surface area contributed by atoms with Gasteiger partial charge in [-0.25, -0.2) is 9.78 Å². The smallest absolute Gasteiger partial charge is 0.341 e. The van der Waals surface area contributed by atoms with Crippen molar-refractivity contribution in [1.82, 2.24) is 14.5 Å². The monoisotopic (exact) mass is 498 g/mol. The van der Waals surface area contributed by atoms with Crippen LogP contribution in [0.5, 0.6) is 5.75 Å². The summed E-state index contributed by atoms with van der Waals surface area (Å²) >= 11 is 0. The van der Waals surface area contributed by atoms with Gasteiger partial charge in [-0.2, -0.15) is 4.98 Å². The Balaban J connectivity index is 1.42. The second-order valence-electron chi connectivity index (χ2n) is 9.51. The Kier molecular flexibility index (Phi) is 5.25. The van der Waals surface area contributed by atoms with Crippen molar-refractivity contribution < 1.29 is 14.6 Å². The Bertz CT molecular complexity index is 1640. The summed E-state index contributed by atoms with van der Waals surface area (Å²) in [5.74, 6) is -0.116. The maximum absolute atomic E-state index is 13.0. The maximum atomic E-state index is 13.0. The zero-order chi connectivity index (χ0) is 25.8. The molecule has 1 aliphatic heterocycles. The molecule has 6 rings (SSSR count). The number of anilines is 3. The topological polar surface area (TPSA) is 150 Å². The number of nitrogens with two attached hydrogens (primary N) is 2. The molecule has 10 nitrogen and oxygen atoms in total. The fraction of sp³-hybridized carbons (Fsp3) is 0.259. The van der Waals surface area contributed by atoms with Crippen molar-refractivity contribution in [3.63, 3.8) is 0 Å². The van der Waals surface area contributed by atoms with Crippen molar-refractivity contribution in [3.8, 4) is 16.9 Å². The van der Waals surface area contributed by atoms with Crippen molar-refractivity contribution >= 4 is 34.3 Å². The van der Waals surface area contributed by atoms with E-state index >= 15 is 0 Å². The van der Waals surface area contributed by atoms with Crippen molar-refractivity contribution in [2.45, 2.75) is 31.8 Å². The Morgan fingerprint density at radius 1 is 1.22 bits per heavy atom. The zero-order valence-corrected chi connectivity index (χ0v) is 20.3. The Labute approximate surface area is 212 Å². The van der Waals surface area contributed by atoms with E-state index in [1.54, 1.807) is 19.4 Å². The van der Waals surface area contributed by atoms with Gasteiger partial charge in [0, 0.05) is 48.3 Å². The molecule has 37 heavy (non-hydrogen) atoms. The number of carbonyl (C=O) groups is 1. The molecule has 0 atom stereocenters. The molecule has 0 saturated heterocycles. The lowest BCUT2D eigenvalue weighted by Gasteiger charge is -2.21. The third-order valence-electron chi connectivity index (χ3n) is 7.18. The van der Waals surface area contributed by atoms with Crippen LogP contribution in [0.15, 0.2) is 47.5 Å². The Hall–Kier alpha value is -4.60. The molecule has 2 aliphatic rings. The van der Waals surface area contributed by atoms with Gasteiger partial charge in [0.2, 0.25) is 11.4 Å². The minimum atomic E-state index is -1.22. The van der Waals surface area contributed by atoms with Crippen molar-refractivity contribution in [2.75, 3.05) is 30.0 Å². The summed E-state index contributed by atoms with van der Waals surface area (Å²) in [7, 11) is 1.58. The van der Waals surface area contributed by atoms with Gasteiger partial charge in [0.05, 0.1) is 18.0 Å². The maximum Gasteiger partial charge on any atom is 0.341 e. The molecule has 2 aromatic carbocycles. The predicted octanol–water partition coefficient (Wildman–Crippen LogP) is 3.23. The zero-order valence-electron chi connectivity index (χ0n) is 20.3. The summed E-state index contributed by atoms with van der Waals surface area (Å²) < 4.78 is 7.77. The first-order valence-electron chi connectivity index (χ1n) is 12.1. The first kappa shape index (κ1) is 22.8. The highest BCUT2D eigenvalue weighted by molar-refractivity contribution is 5.97. The number of aromatic carboxylic acids is 1. The van der Waals surface area contributed by atoms with E-state index < -0.39 is 11.4 Å². The minimum Gasteiger partial charge on any atom is -0.494 e. The third kappa shape index (κ3) is 3.81. The number of methoxy groups -OCH3 is 1. The number of carboxylic acid groups (broad SMARTS) is 1. The lowest BCUT2D eigenvalue weighted by atomic mass is 9.98. The van der Waals surface area contributed by atoms with Crippen LogP contribution < -0.4 is 26.5 Å². The molecule has 0 amide bonds. The lowest BCUT2D eigenvalue weighted by Crippen LogP contribution is -2.21. The van der Waals surface area contributed by atoms with Crippen LogP contribution in [-0.4, -0.2) is 39.3 Å². The van der Waals surface area contributed by atoms with E-state index in [-0.39, 0.29) is 17.6 Å². The normalized spacial score (nSPS) is 14.7. The molecular weight excluding hydrogens is 472 g/mol. The number of rotatable bonds is 6. The number of nitrogen functional groups attached to an aromatic ring is 2. The van der Waals surface area contributed by atoms with Crippen molar-refractivity contribution in [1.29, 1.82) is 0 Å². The van der Waals surface area contributed by atoms with Crippen molar-refractivity contribution in [3.05, 3.63) is 69.6 Å². The number of nitrogens with zero attached hydrogens (tertiary/aromatic N) is 4. The number of carboxylic acids is 1.